The molecule has 0 saturated heterocycles. The van der Waals surface area contributed by atoms with Crippen molar-refractivity contribution in [2.75, 3.05) is 13.1 Å². The molecule has 0 spiro atoms. The summed E-state index contributed by atoms with van der Waals surface area (Å²) in [5.74, 6) is -0.0408. The summed E-state index contributed by atoms with van der Waals surface area (Å²) < 4.78 is 0.896. The topological polar surface area (TPSA) is 37.4 Å². The summed E-state index contributed by atoms with van der Waals surface area (Å²) in [5.41, 5.74) is 1.79. The first-order valence-corrected chi connectivity index (χ1v) is 6.03. The first kappa shape index (κ1) is 11.3. The van der Waals surface area contributed by atoms with Crippen molar-refractivity contribution in [3.8, 4) is 0 Å². The number of carbonyl (C=O) groups is 2. The Balaban J connectivity index is 2.39. The Morgan fingerprint density at radius 2 is 2.25 bits per heavy atom. The van der Waals surface area contributed by atoms with Gasteiger partial charge in [0, 0.05) is 16.6 Å². The van der Waals surface area contributed by atoms with Crippen molar-refractivity contribution in [3.05, 3.63) is 33.8 Å². The molecule has 1 heterocycles. The van der Waals surface area contributed by atoms with Crippen molar-refractivity contribution >= 4 is 28.1 Å². The van der Waals surface area contributed by atoms with Gasteiger partial charge in [-0.25, -0.2) is 0 Å². The highest BCUT2D eigenvalue weighted by atomic mass is 79.9. The van der Waals surface area contributed by atoms with Crippen LogP contribution >= 0.6 is 15.9 Å². The lowest BCUT2D eigenvalue weighted by atomic mass is 10.0. The fourth-order valence-corrected chi connectivity index (χ4v) is 2.32. The molecule has 1 aliphatic heterocycles. The normalized spacial score (nSPS) is 15.6. The molecule has 1 aromatic carbocycles. The smallest absolute Gasteiger partial charge is 0.254 e. The van der Waals surface area contributed by atoms with Crippen molar-refractivity contribution in [2.45, 2.75) is 12.8 Å². The van der Waals surface area contributed by atoms with E-state index in [1.807, 2.05) is 18.2 Å². The van der Waals surface area contributed by atoms with Gasteiger partial charge < -0.3 is 9.69 Å². The van der Waals surface area contributed by atoms with Gasteiger partial charge in [0.1, 0.15) is 6.29 Å². The quantitative estimate of drug-likeness (QED) is 0.778. The Kier molecular flexibility index (Phi) is 3.39. The minimum atomic E-state index is -0.0408. The number of fused-ring (bicyclic) bond motifs is 1. The number of aryl methyl sites for hydroxylation is 1. The highest BCUT2D eigenvalue weighted by Crippen LogP contribution is 2.22. The Hall–Kier alpha value is -1.16. The molecule has 0 aliphatic carbocycles. The fraction of sp³-hybridized carbons (Fsp3) is 0.333. The molecule has 1 amide bonds. The highest BCUT2D eigenvalue weighted by Gasteiger charge is 2.21. The lowest BCUT2D eigenvalue weighted by Gasteiger charge is -2.17. The van der Waals surface area contributed by atoms with Gasteiger partial charge >= 0.3 is 0 Å². The van der Waals surface area contributed by atoms with Crippen LogP contribution in [0.2, 0.25) is 0 Å². The van der Waals surface area contributed by atoms with Gasteiger partial charge in [0.2, 0.25) is 0 Å². The summed E-state index contributed by atoms with van der Waals surface area (Å²) in [4.78, 5) is 24.2. The molecule has 0 fully saturated rings. The molecule has 0 bridgehead atoms. The molecule has 0 atom stereocenters. The number of hydrogen-bond acceptors (Lipinski definition) is 2. The first-order valence-electron chi connectivity index (χ1n) is 5.23. The van der Waals surface area contributed by atoms with Crippen LogP contribution in [-0.4, -0.2) is 30.2 Å². The Morgan fingerprint density at radius 3 is 3.00 bits per heavy atom. The summed E-state index contributed by atoms with van der Waals surface area (Å²) >= 11 is 3.36. The molecule has 84 valence electrons. The third kappa shape index (κ3) is 2.16. The van der Waals surface area contributed by atoms with Gasteiger partial charge in [-0.2, -0.15) is 0 Å². The Labute approximate surface area is 103 Å². The van der Waals surface area contributed by atoms with Gasteiger partial charge in [-0.05, 0) is 30.5 Å². The van der Waals surface area contributed by atoms with E-state index in [-0.39, 0.29) is 12.5 Å². The van der Waals surface area contributed by atoms with Gasteiger partial charge in [-0.3, -0.25) is 4.79 Å². The van der Waals surface area contributed by atoms with Gasteiger partial charge in [0.15, 0.2) is 0 Å². The summed E-state index contributed by atoms with van der Waals surface area (Å²) in [7, 11) is 0. The summed E-state index contributed by atoms with van der Waals surface area (Å²) in [6, 6.07) is 5.75. The molecule has 0 N–H and O–H groups in total. The van der Waals surface area contributed by atoms with E-state index in [0.29, 0.717) is 12.1 Å². The standard InChI is InChI=1S/C12H12BrNO2/c13-10-4-3-9-2-1-5-14(6-7-15)12(16)11(9)8-10/h3-4,7-8H,1-2,5-6H2. The van der Waals surface area contributed by atoms with Gasteiger partial charge in [0.05, 0.1) is 6.54 Å². The summed E-state index contributed by atoms with van der Waals surface area (Å²) in [6.45, 7) is 0.842. The number of aldehydes is 1. The molecule has 0 aromatic heterocycles. The molecule has 1 aliphatic rings. The number of hydrogen-bond donors (Lipinski definition) is 0. The molecule has 2 rings (SSSR count). The van der Waals surface area contributed by atoms with Crippen molar-refractivity contribution in [2.24, 2.45) is 0 Å². The predicted molar refractivity (Wildman–Crippen MR) is 64.4 cm³/mol. The zero-order valence-electron chi connectivity index (χ0n) is 8.78. The van der Waals surface area contributed by atoms with Crippen LogP contribution in [0.4, 0.5) is 0 Å². The average Bonchev–Trinajstić information content (AvgIpc) is 2.42. The largest absolute Gasteiger partial charge is 0.332 e. The Bertz CT molecular complexity index is 431. The molecular formula is C12H12BrNO2. The van der Waals surface area contributed by atoms with E-state index in [2.05, 4.69) is 15.9 Å². The van der Waals surface area contributed by atoms with E-state index in [4.69, 9.17) is 0 Å². The number of benzene rings is 1. The molecule has 4 heteroatoms. The second-order valence-corrected chi connectivity index (χ2v) is 4.74. The van der Waals surface area contributed by atoms with Gasteiger partial charge in [0.25, 0.3) is 5.91 Å². The van der Waals surface area contributed by atoms with Crippen LogP contribution in [0.3, 0.4) is 0 Å². The maximum Gasteiger partial charge on any atom is 0.254 e. The van der Waals surface area contributed by atoms with Crippen LogP contribution in [0.1, 0.15) is 22.3 Å². The minimum Gasteiger partial charge on any atom is -0.332 e. The van der Waals surface area contributed by atoms with Crippen molar-refractivity contribution in [3.63, 3.8) is 0 Å². The highest BCUT2D eigenvalue weighted by molar-refractivity contribution is 9.10. The van der Waals surface area contributed by atoms with Crippen molar-refractivity contribution in [1.29, 1.82) is 0 Å². The van der Waals surface area contributed by atoms with Crippen LogP contribution in [0, 0.1) is 0 Å². The average molecular weight is 282 g/mol. The zero-order valence-corrected chi connectivity index (χ0v) is 10.4. The molecular weight excluding hydrogens is 270 g/mol. The second kappa shape index (κ2) is 4.78. The third-order valence-corrected chi connectivity index (χ3v) is 3.25. The van der Waals surface area contributed by atoms with Crippen LogP contribution in [0.15, 0.2) is 22.7 Å². The van der Waals surface area contributed by atoms with E-state index < -0.39 is 0 Å². The van der Waals surface area contributed by atoms with Crippen LogP contribution < -0.4 is 0 Å². The van der Waals surface area contributed by atoms with E-state index in [0.717, 1.165) is 29.2 Å². The molecule has 16 heavy (non-hydrogen) atoms. The van der Waals surface area contributed by atoms with E-state index >= 15 is 0 Å². The molecule has 1 aromatic rings. The molecule has 3 nitrogen and oxygen atoms in total. The van der Waals surface area contributed by atoms with Crippen LogP contribution in [-0.2, 0) is 11.2 Å². The van der Waals surface area contributed by atoms with E-state index in [1.165, 1.54) is 0 Å². The monoisotopic (exact) mass is 281 g/mol. The van der Waals surface area contributed by atoms with Gasteiger partial charge in [-0.1, -0.05) is 22.0 Å². The number of rotatable bonds is 2. The van der Waals surface area contributed by atoms with Crippen LogP contribution in [0.25, 0.3) is 0 Å². The zero-order chi connectivity index (χ0) is 11.5. The SMILES string of the molecule is O=CCN1CCCc2ccc(Br)cc2C1=O. The molecule has 0 saturated carbocycles. The van der Waals surface area contributed by atoms with E-state index in [9.17, 15) is 9.59 Å². The molecule has 0 unspecified atom stereocenters. The van der Waals surface area contributed by atoms with Gasteiger partial charge in [-0.15, -0.1) is 0 Å². The lowest BCUT2D eigenvalue weighted by Crippen LogP contribution is -2.32. The van der Waals surface area contributed by atoms with Crippen molar-refractivity contribution < 1.29 is 9.59 Å². The third-order valence-electron chi connectivity index (χ3n) is 2.76. The maximum atomic E-state index is 12.1. The fourth-order valence-electron chi connectivity index (χ4n) is 1.96. The molecule has 0 radical (unpaired) electrons. The van der Waals surface area contributed by atoms with Crippen LogP contribution in [0.5, 0.6) is 0 Å². The summed E-state index contributed by atoms with van der Waals surface area (Å²) in [5, 5.41) is 0. The first-order chi connectivity index (χ1) is 7.72. The number of nitrogens with zero attached hydrogens (tertiary/aromatic N) is 1. The van der Waals surface area contributed by atoms with E-state index in [1.54, 1.807) is 4.90 Å². The summed E-state index contributed by atoms with van der Waals surface area (Å²) in [6.07, 6.45) is 2.58. The van der Waals surface area contributed by atoms with Crippen molar-refractivity contribution in [1.82, 2.24) is 4.90 Å². The Morgan fingerprint density at radius 1 is 1.44 bits per heavy atom. The second-order valence-electron chi connectivity index (χ2n) is 3.82. The predicted octanol–water partition coefficient (Wildman–Crippen LogP) is 2.04. The maximum absolute atomic E-state index is 12.1. The lowest BCUT2D eigenvalue weighted by molar-refractivity contribution is -0.108. The number of halogens is 1. The number of carbonyl (C=O) groups excluding carboxylic acids is 2. The minimum absolute atomic E-state index is 0.0408. The number of amides is 1.